The van der Waals surface area contributed by atoms with E-state index in [9.17, 15) is 5.11 Å². The third-order valence-corrected chi connectivity index (χ3v) is 3.59. The SMILES string of the molecule is CC(C)(CCc1ccccc1O)Cc1ccccc1. The van der Waals surface area contributed by atoms with E-state index >= 15 is 0 Å². The van der Waals surface area contributed by atoms with E-state index in [1.807, 2.05) is 18.2 Å². The van der Waals surface area contributed by atoms with Crippen LogP contribution in [-0.4, -0.2) is 5.11 Å². The van der Waals surface area contributed by atoms with Crippen LogP contribution in [0.3, 0.4) is 0 Å². The van der Waals surface area contributed by atoms with Crippen LogP contribution in [0.4, 0.5) is 0 Å². The van der Waals surface area contributed by atoms with Gasteiger partial charge in [-0.2, -0.15) is 0 Å². The molecule has 0 atom stereocenters. The number of hydrogen-bond acceptors (Lipinski definition) is 1. The molecule has 1 N–H and O–H groups in total. The molecule has 0 aliphatic rings. The molecule has 0 aliphatic heterocycles. The number of phenolic OH excluding ortho intramolecular Hbond substituents is 1. The van der Waals surface area contributed by atoms with Crippen molar-refractivity contribution in [2.45, 2.75) is 33.1 Å². The number of phenols is 1. The molecule has 0 amide bonds. The third kappa shape index (κ3) is 4.13. The second-order valence-electron chi connectivity index (χ2n) is 5.96. The smallest absolute Gasteiger partial charge is 0.118 e. The van der Waals surface area contributed by atoms with Gasteiger partial charge in [-0.3, -0.25) is 0 Å². The summed E-state index contributed by atoms with van der Waals surface area (Å²) in [7, 11) is 0. The maximum atomic E-state index is 9.80. The molecule has 2 aromatic rings. The molecule has 0 aromatic heterocycles. The van der Waals surface area contributed by atoms with E-state index in [0.717, 1.165) is 24.8 Å². The average molecular weight is 254 g/mol. The van der Waals surface area contributed by atoms with E-state index in [-0.39, 0.29) is 5.41 Å². The third-order valence-electron chi connectivity index (χ3n) is 3.59. The summed E-state index contributed by atoms with van der Waals surface area (Å²) in [5.41, 5.74) is 2.66. The molecule has 1 nitrogen and oxygen atoms in total. The lowest BCUT2D eigenvalue weighted by molar-refractivity contribution is 0.330. The summed E-state index contributed by atoms with van der Waals surface area (Å²) >= 11 is 0. The van der Waals surface area contributed by atoms with Crippen LogP contribution in [-0.2, 0) is 12.8 Å². The zero-order chi connectivity index (χ0) is 13.7. The minimum Gasteiger partial charge on any atom is -0.508 e. The van der Waals surface area contributed by atoms with Crippen LogP contribution in [0.5, 0.6) is 5.75 Å². The molecule has 0 saturated heterocycles. The van der Waals surface area contributed by atoms with Crippen LogP contribution in [0.15, 0.2) is 54.6 Å². The van der Waals surface area contributed by atoms with E-state index < -0.39 is 0 Å². The van der Waals surface area contributed by atoms with Crippen molar-refractivity contribution < 1.29 is 5.11 Å². The molecule has 2 aromatic carbocycles. The van der Waals surface area contributed by atoms with Gasteiger partial charge < -0.3 is 5.11 Å². The lowest BCUT2D eigenvalue weighted by Gasteiger charge is -2.25. The largest absolute Gasteiger partial charge is 0.508 e. The first-order valence-corrected chi connectivity index (χ1v) is 6.88. The Balaban J connectivity index is 1.96. The maximum Gasteiger partial charge on any atom is 0.118 e. The minimum absolute atomic E-state index is 0.240. The van der Waals surface area contributed by atoms with E-state index in [2.05, 4.69) is 44.2 Å². The zero-order valence-corrected chi connectivity index (χ0v) is 11.8. The van der Waals surface area contributed by atoms with E-state index in [0.29, 0.717) is 5.75 Å². The maximum absolute atomic E-state index is 9.80. The van der Waals surface area contributed by atoms with Crippen molar-refractivity contribution in [3.63, 3.8) is 0 Å². The van der Waals surface area contributed by atoms with E-state index in [1.54, 1.807) is 6.07 Å². The number of aromatic hydroxyl groups is 1. The summed E-state index contributed by atoms with van der Waals surface area (Å²) in [6, 6.07) is 18.2. The van der Waals surface area contributed by atoms with Crippen molar-refractivity contribution in [1.82, 2.24) is 0 Å². The van der Waals surface area contributed by atoms with E-state index in [1.165, 1.54) is 5.56 Å². The van der Waals surface area contributed by atoms with Crippen LogP contribution in [0.25, 0.3) is 0 Å². The van der Waals surface area contributed by atoms with Crippen molar-refractivity contribution in [2.24, 2.45) is 5.41 Å². The van der Waals surface area contributed by atoms with Gasteiger partial charge in [0.05, 0.1) is 0 Å². The molecule has 19 heavy (non-hydrogen) atoms. The van der Waals surface area contributed by atoms with Crippen LogP contribution < -0.4 is 0 Å². The van der Waals surface area contributed by atoms with Crippen molar-refractivity contribution in [2.75, 3.05) is 0 Å². The molecule has 0 unspecified atom stereocenters. The van der Waals surface area contributed by atoms with Gasteiger partial charge in [0, 0.05) is 0 Å². The van der Waals surface area contributed by atoms with Gasteiger partial charge in [0.15, 0.2) is 0 Å². The lowest BCUT2D eigenvalue weighted by Crippen LogP contribution is -2.16. The standard InChI is InChI=1S/C18H22O/c1-18(2,14-15-8-4-3-5-9-15)13-12-16-10-6-7-11-17(16)19/h3-11,19H,12-14H2,1-2H3. The van der Waals surface area contributed by atoms with Crippen molar-refractivity contribution in [3.8, 4) is 5.75 Å². The Labute approximate surface area is 115 Å². The first-order valence-electron chi connectivity index (χ1n) is 6.88. The quantitative estimate of drug-likeness (QED) is 0.827. The van der Waals surface area contributed by atoms with Crippen LogP contribution >= 0.6 is 0 Å². The van der Waals surface area contributed by atoms with Gasteiger partial charge in [0.25, 0.3) is 0 Å². The highest BCUT2D eigenvalue weighted by Gasteiger charge is 2.18. The predicted molar refractivity (Wildman–Crippen MR) is 80.4 cm³/mol. The van der Waals surface area contributed by atoms with Crippen LogP contribution in [0, 0.1) is 5.41 Å². The summed E-state index contributed by atoms with van der Waals surface area (Å²) in [5, 5.41) is 9.80. The summed E-state index contributed by atoms with van der Waals surface area (Å²) in [4.78, 5) is 0. The summed E-state index contributed by atoms with van der Waals surface area (Å²) < 4.78 is 0. The summed E-state index contributed by atoms with van der Waals surface area (Å²) in [5.74, 6) is 0.415. The Hall–Kier alpha value is -1.76. The molecule has 0 spiro atoms. The van der Waals surface area contributed by atoms with Gasteiger partial charge in [-0.25, -0.2) is 0 Å². The fourth-order valence-electron chi connectivity index (χ4n) is 2.43. The van der Waals surface area contributed by atoms with Gasteiger partial charge in [-0.05, 0) is 41.9 Å². The van der Waals surface area contributed by atoms with Crippen LogP contribution in [0.1, 0.15) is 31.4 Å². The monoisotopic (exact) mass is 254 g/mol. The molecular formula is C18H22O. The fourth-order valence-corrected chi connectivity index (χ4v) is 2.43. The minimum atomic E-state index is 0.240. The number of aryl methyl sites for hydroxylation is 1. The highest BCUT2D eigenvalue weighted by atomic mass is 16.3. The van der Waals surface area contributed by atoms with Gasteiger partial charge >= 0.3 is 0 Å². The second kappa shape index (κ2) is 5.92. The molecular weight excluding hydrogens is 232 g/mol. The predicted octanol–water partition coefficient (Wildman–Crippen LogP) is 4.59. The van der Waals surface area contributed by atoms with Gasteiger partial charge in [-0.15, -0.1) is 0 Å². The number of rotatable bonds is 5. The number of hydrogen-bond donors (Lipinski definition) is 1. The van der Waals surface area contributed by atoms with Gasteiger partial charge in [0.1, 0.15) is 5.75 Å². The van der Waals surface area contributed by atoms with Gasteiger partial charge in [0.2, 0.25) is 0 Å². The van der Waals surface area contributed by atoms with E-state index in [4.69, 9.17) is 0 Å². The molecule has 0 heterocycles. The normalized spacial score (nSPS) is 11.5. The first-order chi connectivity index (χ1) is 9.07. The zero-order valence-electron chi connectivity index (χ0n) is 11.8. The first kappa shape index (κ1) is 13.7. The Morgan fingerprint density at radius 1 is 0.895 bits per heavy atom. The number of benzene rings is 2. The Morgan fingerprint density at radius 3 is 2.21 bits per heavy atom. The fraction of sp³-hybridized carbons (Fsp3) is 0.333. The topological polar surface area (TPSA) is 20.2 Å². The molecule has 0 aliphatic carbocycles. The van der Waals surface area contributed by atoms with Gasteiger partial charge in [-0.1, -0.05) is 62.4 Å². The van der Waals surface area contributed by atoms with Crippen molar-refractivity contribution >= 4 is 0 Å². The molecule has 0 fully saturated rings. The molecule has 0 radical (unpaired) electrons. The molecule has 2 rings (SSSR count). The number of para-hydroxylation sites is 1. The molecule has 0 saturated carbocycles. The van der Waals surface area contributed by atoms with Crippen LogP contribution in [0.2, 0.25) is 0 Å². The molecule has 1 heteroatoms. The highest BCUT2D eigenvalue weighted by Crippen LogP contribution is 2.29. The molecule has 0 bridgehead atoms. The lowest BCUT2D eigenvalue weighted by atomic mass is 9.80. The Morgan fingerprint density at radius 2 is 1.53 bits per heavy atom. The highest BCUT2D eigenvalue weighted by molar-refractivity contribution is 5.31. The summed E-state index contributed by atoms with van der Waals surface area (Å²) in [6.45, 7) is 4.58. The Bertz CT molecular complexity index is 514. The molecule has 100 valence electrons. The average Bonchev–Trinajstić information content (AvgIpc) is 2.38. The van der Waals surface area contributed by atoms with Crippen molar-refractivity contribution in [3.05, 3.63) is 65.7 Å². The summed E-state index contributed by atoms with van der Waals surface area (Å²) in [6.07, 6.45) is 3.06. The Kier molecular flexibility index (Phi) is 4.26. The van der Waals surface area contributed by atoms with Crippen molar-refractivity contribution in [1.29, 1.82) is 0 Å². The second-order valence-corrected chi connectivity index (χ2v) is 5.96.